The van der Waals surface area contributed by atoms with E-state index >= 15 is 0 Å². The van der Waals surface area contributed by atoms with Gasteiger partial charge in [-0.3, -0.25) is 0 Å². The second-order valence-corrected chi connectivity index (χ2v) is 7.95. The van der Waals surface area contributed by atoms with E-state index in [0.717, 1.165) is 0 Å². The molecule has 0 aromatic heterocycles. The summed E-state index contributed by atoms with van der Waals surface area (Å²) in [7, 11) is 0. The molecule has 126 valence electrons. The van der Waals surface area contributed by atoms with Gasteiger partial charge in [-0.2, -0.15) is 0 Å². The summed E-state index contributed by atoms with van der Waals surface area (Å²) in [6, 6.07) is 0. The van der Waals surface area contributed by atoms with Gasteiger partial charge in [-0.15, -0.1) is 0 Å². The van der Waals surface area contributed by atoms with Crippen LogP contribution in [0.2, 0.25) is 0 Å². The molecule has 0 aliphatic carbocycles. The maximum atomic E-state index is 8.85. The minimum absolute atomic E-state index is 0. The van der Waals surface area contributed by atoms with E-state index in [0.29, 0.717) is 0 Å². The normalized spacial score (nSPS) is 9.16. The van der Waals surface area contributed by atoms with Crippen molar-refractivity contribution in [3.05, 3.63) is 0 Å². The van der Waals surface area contributed by atoms with E-state index in [9.17, 15) is 0 Å². The van der Waals surface area contributed by atoms with Crippen molar-refractivity contribution < 1.29 is 131 Å². The average Bonchev–Trinajstić information content (AvgIpc) is 1.41. The third-order valence-electron chi connectivity index (χ3n) is 0. The van der Waals surface area contributed by atoms with Gasteiger partial charge in [-0.1, -0.05) is 0 Å². The van der Waals surface area contributed by atoms with Gasteiger partial charge < -0.3 is 16.4 Å². The van der Waals surface area contributed by atoms with Gasteiger partial charge in [0.05, 0.1) is 0 Å². The van der Waals surface area contributed by atoms with Crippen LogP contribution in [0.1, 0.15) is 0 Å². The Morgan fingerprint density at radius 1 is 0.421 bits per heavy atom. The fraction of sp³-hybridized carbons (Fsp3) is 0. The molecule has 0 fully saturated rings. The Labute approximate surface area is 129 Å². The predicted molar refractivity (Wildman–Crippen MR) is 28.3 cm³/mol. The first-order valence-corrected chi connectivity index (χ1v) is 12.4. The molecule has 0 saturated heterocycles. The first-order valence-electron chi connectivity index (χ1n) is 2.10. The first-order chi connectivity index (χ1) is 6.00. The Bertz CT molecular complexity index is 335. The molecule has 0 atom stereocenters. The van der Waals surface area contributed by atoms with Crippen LogP contribution in [0.5, 0.6) is 0 Å². The Kier molecular flexibility index (Phi) is 38.8. The molecular formula is H12Mo4O15. The van der Waals surface area contributed by atoms with Crippen molar-refractivity contribution in [1.29, 1.82) is 0 Å². The minimum atomic E-state index is -5.52. The van der Waals surface area contributed by atoms with Crippen molar-refractivity contribution in [2.75, 3.05) is 0 Å². The Morgan fingerprint density at radius 2 is 0.421 bits per heavy atom. The van der Waals surface area contributed by atoms with E-state index in [4.69, 9.17) is 42.9 Å². The van der Waals surface area contributed by atoms with Crippen molar-refractivity contribution in [1.82, 2.24) is 0 Å². The zero-order valence-corrected chi connectivity index (χ0v) is 16.3. The van der Waals surface area contributed by atoms with Crippen LogP contribution in [0, 0.1) is 0 Å². The summed E-state index contributed by atoms with van der Waals surface area (Å²) in [5.74, 6) is 0. The van der Waals surface area contributed by atoms with Crippen molar-refractivity contribution in [3.63, 3.8) is 0 Å². The van der Waals surface area contributed by atoms with Gasteiger partial charge in [0, 0.05) is 21.1 Å². The van der Waals surface area contributed by atoms with E-state index in [-0.39, 0.29) is 37.5 Å². The van der Waals surface area contributed by atoms with Crippen LogP contribution in [0.25, 0.3) is 0 Å². The number of hydrogen-bond acceptors (Lipinski definition) is 6. The predicted octanol–water partition coefficient (Wildman–Crippen LogP) is -6.54. The van der Waals surface area contributed by atoms with Crippen molar-refractivity contribution in [2.45, 2.75) is 0 Å². The quantitative estimate of drug-likeness (QED) is 0.135. The van der Waals surface area contributed by atoms with Crippen LogP contribution in [0.15, 0.2) is 0 Å². The summed E-state index contributed by atoms with van der Waals surface area (Å²) in [4.78, 5) is 0. The number of rotatable bonds is 0. The number of hydrogen-bond donors (Lipinski definition) is 6. The van der Waals surface area contributed by atoms with Crippen LogP contribution in [0.3, 0.4) is 0 Å². The van der Waals surface area contributed by atoms with Crippen molar-refractivity contribution >= 4 is 0 Å². The van der Waals surface area contributed by atoms with Crippen LogP contribution in [0.4, 0.5) is 0 Å². The molecule has 0 spiro atoms. The van der Waals surface area contributed by atoms with Crippen molar-refractivity contribution in [2.24, 2.45) is 0 Å². The Hall–Kier alpha value is 1.19. The molecule has 0 aliphatic heterocycles. The average molecular weight is 636 g/mol. The second kappa shape index (κ2) is 17.2. The van der Waals surface area contributed by atoms with Gasteiger partial charge in [0.25, 0.3) is 0 Å². The summed E-state index contributed by atoms with van der Waals surface area (Å²) < 4.78 is 96.0. The van der Waals surface area contributed by atoms with Crippen molar-refractivity contribution in [3.8, 4) is 0 Å². The molecule has 12 N–H and O–H groups in total. The van der Waals surface area contributed by atoms with Gasteiger partial charge in [-0.05, 0) is 0 Å². The molecule has 0 aromatic rings. The third-order valence-corrected chi connectivity index (χ3v) is 0. The maximum absolute atomic E-state index is 8.85. The van der Waals surface area contributed by atoms with Crippen LogP contribution in [-0.2, 0) is 91.7 Å². The van der Waals surface area contributed by atoms with E-state index in [1.807, 2.05) is 0 Å². The molecule has 0 radical (unpaired) electrons. The van der Waals surface area contributed by atoms with Crippen LogP contribution < -0.4 is 0 Å². The molecule has 19 heteroatoms. The SMILES string of the molecule is O.O.O.[Mo].[O]=[Mo](=[O])([OH])[OH].[O]=[Mo](=[O])([OH])[OH].[O]=[Mo](=[O])([OH])[OH]. The zero-order valence-electron chi connectivity index (χ0n) is 8.27. The summed E-state index contributed by atoms with van der Waals surface area (Å²) in [6.45, 7) is 0. The Balaban J connectivity index is -0.0000000206. The summed E-state index contributed by atoms with van der Waals surface area (Å²) in [6.07, 6.45) is 0. The van der Waals surface area contributed by atoms with E-state index < -0.39 is 50.2 Å². The van der Waals surface area contributed by atoms with E-state index in [2.05, 4.69) is 0 Å². The van der Waals surface area contributed by atoms with E-state index in [1.54, 1.807) is 0 Å². The molecule has 0 saturated carbocycles. The molecule has 0 bridgehead atoms. The summed E-state index contributed by atoms with van der Waals surface area (Å²) in [5.41, 5.74) is 0. The monoisotopic (exact) mass is 644 g/mol. The fourth-order valence-corrected chi connectivity index (χ4v) is 0. The van der Waals surface area contributed by atoms with Gasteiger partial charge in [0.2, 0.25) is 0 Å². The topological polar surface area (TPSA) is 318 Å². The van der Waals surface area contributed by atoms with Gasteiger partial charge in [0.15, 0.2) is 0 Å². The molecule has 0 aromatic carbocycles. The van der Waals surface area contributed by atoms with E-state index in [1.165, 1.54) is 0 Å². The summed E-state index contributed by atoms with van der Waals surface area (Å²) in [5, 5.41) is 0. The second-order valence-electron chi connectivity index (χ2n) is 1.34. The summed E-state index contributed by atoms with van der Waals surface area (Å²) >= 11 is -16.6. The van der Waals surface area contributed by atoms with Crippen LogP contribution in [-0.4, -0.2) is 39.0 Å². The zero-order chi connectivity index (χ0) is 13.5. The first kappa shape index (κ1) is 42.7. The molecule has 0 heterocycles. The van der Waals surface area contributed by atoms with Gasteiger partial charge in [-0.25, -0.2) is 0 Å². The molecule has 0 amide bonds. The molecule has 0 rings (SSSR count). The third kappa shape index (κ3) is 3980. The van der Waals surface area contributed by atoms with Gasteiger partial charge in [0.1, 0.15) is 0 Å². The van der Waals surface area contributed by atoms with Gasteiger partial charge >= 0.3 is 93.2 Å². The van der Waals surface area contributed by atoms with Crippen LogP contribution >= 0.6 is 0 Å². The fourth-order valence-electron chi connectivity index (χ4n) is 0. The molecule has 0 unspecified atom stereocenters. The standard InChI is InChI=1S/4Mo.9H2O.6O/h;;;;9*1H2;;;;;;/q;3*+2;;;;;;;;;;;;;;;/p-6. The molecular weight excluding hydrogens is 624 g/mol. The Morgan fingerprint density at radius 3 is 0.421 bits per heavy atom. The molecule has 19 heavy (non-hydrogen) atoms. The molecule has 0 aliphatic rings. The molecule has 15 nitrogen and oxygen atoms in total.